The van der Waals surface area contributed by atoms with Crippen LogP contribution >= 0.6 is 15.9 Å². The SMILES string of the molecule is CC1(C)CS(=O)(=O)N(c2ccc(C(=O)Nc3ccc(Br)cc3)cc2)C1=O. The average molecular weight is 437 g/mol. The van der Waals surface area contributed by atoms with Crippen LogP contribution in [-0.2, 0) is 14.8 Å². The summed E-state index contributed by atoms with van der Waals surface area (Å²) in [4.78, 5) is 24.7. The fraction of sp³-hybridized carbons (Fsp3) is 0.222. The normalized spacial score (nSPS) is 18.0. The fourth-order valence-electron chi connectivity index (χ4n) is 2.75. The number of amides is 2. The molecule has 0 bridgehead atoms. The summed E-state index contributed by atoms with van der Waals surface area (Å²) in [6.45, 7) is 3.21. The van der Waals surface area contributed by atoms with Crippen molar-refractivity contribution in [2.75, 3.05) is 15.4 Å². The summed E-state index contributed by atoms with van der Waals surface area (Å²) in [5.41, 5.74) is 0.276. The standard InChI is InChI=1S/C18H17BrN2O4S/c1-18(2)11-26(24,25)21(17(18)23)15-9-3-12(4-10-15)16(22)20-14-7-5-13(19)6-8-14/h3-10H,11H2,1-2H3,(H,20,22). The Balaban J connectivity index is 1.81. The highest BCUT2D eigenvalue weighted by molar-refractivity contribution is 9.10. The molecule has 0 atom stereocenters. The molecule has 136 valence electrons. The molecule has 8 heteroatoms. The summed E-state index contributed by atoms with van der Waals surface area (Å²) < 4.78 is 26.3. The fourth-order valence-corrected chi connectivity index (χ4v) is 5.12. The van der Waals surface area contributed by atoms with E-state index < -0.39 is 21.3 Å². The molecule has 1 aliphatic heterocycles. The maximum atomic E-state index is 12.4. The molecule has 1 N–H and O–H groups in total. The van der Waals surface area contributed by atoms with E-state index in [1.807, 2.05) is 12.1 Å². The second kappa shape index (κ2) is 6.51. The van der Waals surface area contributed by atoms with E-state index in [-0.39, 0.29) is 17.3 Å². The van der Waals surface area contributed by atoms with Crippen molar-refractivity contribution in [3.8, 4) is 0 Å². The van der Waals surface area contributed by atoms with Gasteiger partial charge in [0.1, 0.15) is 0 Å². The molecule has 0 aliphatic carbocycles. The Hall–Kier alpha value is -2.19. The highest BCUT2D eigenvalue weighted by atomic mass is 79.9. The third-order valence-corrected chi connectivity index (χ3v) is 6.60. The lowest BCUT2D eigenvalue weighted by Gasteiger charge is -2.17. The lowest BCUT2D eigenvalue weighted by Crippen LogP contribution is -2.32. The molecule has 0 saturated carbocycles. The van der Waals surface area contributed by atoms with Gasteiger partial charge in [-0.1, -0.05) is 15.9 Å². The van der Waals surface area contributed by atoms with Crippen molar-refractivity contribution in [1.82, 2.24) is 0 Å². The zero-order valence-electron chi connectivity index (χ0n) is 14.2. The van der Waals surface area contributed by atoms with Gasteiger partial charge in [-0.15, -0.1) is 0 Å². The Morgan fingerprint density at radius 1 is 1.08 bits per heavy atom. The number of nitrogens with zero attached hydrogens (tertiary/aromatic N) is 1. The Labute approximate surface area is 160 Å². The highest BCUT2D eigenvalue weighted by Gasteiger charge is 2.49. The minimum atomic E-state index is -3.70. The van der Waals surface area contributed by atoms with Crippen LogP contribution in [0.3, 0.4) is 0 Å². The van der Waals surface area contributed by atoms with Crippen LogP contribution < -0.4 is 9.62 Å². The van der Waals surface area contributed by atoms with Crippen molar-refractivity contribution >= 4 is 49.1 Å². The van der Waals surface area contributed by atoms with Crippen LogP contribution in [0.1, 0.15) is 24.2 Å². The van der Waals surface area contributed by atoms with E-state index in [0.29, 0.717) is 11.3 Å². The zero-order chi connectivity index (χ0) is 19.1. The second-order valence-electron chi connectivity index (χ2n) is 6.72. The molecule has 0 aromatic heterocycles. The number of nitrogens with one attached hydrogen (secondary N) is 1. The molecule has 3 rings (SSSR count). The number of halogens is 1. The Kier molecular flexibility index (Phi) is 4.66. The van der Waals surface area contributed by atoms with Gasteiger partial charge >= 0.3 is 0 Å². The third-order valence-electron chi connectivity index (χ3n) is 4.05. The first kappa shape index (κ1) is 18.6. The predicted octanol–water partition coefficient (Wildman–Crippen LogP) is 3.40. The lowest BCUT2D eigenvalue weighted by molar-refractivity contribution is -0.123. The van der Waals surface area contributed by atoms with Gasteiger partial charge in [0, 0.05) is 15.7 Å². The minimum absolute atomic E-state index is 0.232. The second-order valence-corrected chi connectivity index (χ2v) is 9.45. The Morgan fingerprint density at radius 3 is 2.15 bits per heavy atom. The number of carbonyl (C=O) groups is 2. The van der Waals surface area contributed by atoms with Crippen LogP contribution in [0.2, 0.25) is 0 Å². The molecule has 0 radical (unpaired) electrons. The lowest BCUT2D eigenvalue weighted by atomic mass is 9.95. The summed E-state index contributed by atoms with van der Waals surface area (Å²) in [5, 5.41) is 2.75. The van der Waals surface area contributed by atoms with Gasteiger partial charge in [-0.2, -0.15) is 0 Å². The quantitative estimate of drug-likeness (QED) is 0.798. The molecule has 1 aliphatic rings. The molecule has 1 saturated heterocycles. The third kappa shape index (κ3) is 3.52. The van der Waals surface area contributed by atoms with Gasteiger partial charge in [0.25, 0.3) is 5.91 Å². The number of sulfonamides is 1. The van der Waals surface area contributed by atoms with Crippen molar-refractivity contribution in [3.63, 3.8) is 0 Å². The number of hydrogen-bond donors (Lipinski definition) is 1. The highest BCUT2D eigenvalue weighted by Crippen LogP contribution is 2.35. The molecule has 0 unspecified atom stereocenters. The van der Waals surface area contributed by atoms with Gasteiger partial charge in [0.05, 0.1) is 16.9 Å². The summed E-state index contributed by atoms with van der Waals surface area (Å²) in [6, 6.07) is 13.1. The predicted molar refractivity (Wildman–Crippen MR) is 104 cm³/mol. The van der Waals surface area contributed by atoms with E-state index in [4.69, 9.17) is 0 Å². The van der Waals surface area contributed by atoms with Crippen LogP contribution in [0.5, 0.6) is 0 Å². The summed E-state index contributed by atoms with van der Waals surface area (Å²) >= 11 is 3.32. The Bertz CT molecular complexity index is 967. The van der Waals surface area contributed by atoms with Gasteiger partial charge < -0.3 is 5.32 Å². The monoisotopic (exact) mass is 436 g/mol. The Morgan fingerprint density at radius 2 is 1.65 bits per heavy atom. The van der Waals surface area contributed by atoms with Crippen LogP contribution in [-0.4, -0.2) is 26.0 Å². The number of benzene rings is 2. The maximum Gasteiger partial charge on any atom is 0.255 e. The summed E-state index contributed by atoms with van der Waals surface area (Å²) in [5.74, 6) is -1.02. The molecule has 2 amide bonds. The number of anilines is 2. The van der Waals surface area contributed by atoms with Gasteiger partial charge in [0.15, 0.2) is 0 Å². The topological polar surface area (TPSA) is 83.6 Å². The molecule has 2 aromatic carbocycles. The van der Waals surface area contributed by atoms with Crippen molar-refractivity contribution in [3.05, 3.63) is 58.6 Å². The van der Waals surface area contributed by atoms with E-state index in [9.17, 15) is 18.0 Å². The molecule has 6 nitrogen and oxygen atoms in total. The molecule has 1 fully saturated rings. The first-order chi connectivity index (χ1) is 12.1. The first-order valence-corrected chi connectivity index (χ1v) is 10.2. The minimum Gasteiger partial charge on any atom is -0.322 e. The van der Waals surface area contributed by atoms with E-state index in [1.165, 1.54) is 24.3 Å². The van der Waals surface area contributed by atoms with E-state index in [0.717, 1.165) is 8.78 Å². The van der Waals surface area contributed by atoms with Gasteiger partial charge in [-0.3, -0.25) is 9.59 Å². The molecule has 0 spiro atoms. The van der Waals surface area contributed by atoms with Crippen LogP contribution in [0.4, 0.5) is 11.4 Å². The van der Waals surface area contributed by atoms with E-state index in [1.54, 1.807) is 26.0 Å². The largest absolute Gasteiger partial charge is 0.322 e. The molecule has 2 aromatic rings. The van der Waals surface area contributed by atoms with Crippen LogP contribution in [0, 0.1) is 5.41 Å². The molecular formula is C18H17BrN2O4S. The number of hydrogen-bond acceptors (Lipinski definition) is 4. The first-order valence-electron chi connectivity index (χ1n) is 7.85. The van der Waals surface area contributed by atoms with Crippen molar-refractivity contribution in [1.29, 1.82) is 0 Å². The van der Waals surface area contributed by atoms with Crippen molar-refractivity contribution < 1.29 is 18.0 Å². The number of carbonyl (C=O) groups excluding carboxylic acids is 2. The van der Waals surface area contributed by atoms with Crippen LogP contribution in [0.25, 0.3) is 0 Å². The number of rotatable bonds is 3. The van der Waals surface area contributed by atoms with E-state index >= 15 is 0 Å². The van der Waals surface area contributed by atoms with Gasteiger partial charge in [-0.25, -0.2) is 12.7 Å². The van der Waals surface area contributed by atoms with Gasteiger partial charge in [-0.05, 0) is 62.4 Å². The average Bonchev–Trinajstić information content (AvgIpc) is 2.73. The van der Waals surface area contributed by atoms with Crippen molar-refractivity contribution in [2.45, 2.75) is 13.8 Å². The maximum absolute atomic E-state index is 12.4. The molecular weight excluding hydrogens is 420 g/mol. The molecule has 26 heavy (non-hydrogen) atoms. The molecule has 1 heterocycles. The van der Waals surface area contributed by atoms with Gasteiger partial charge in [0.2, 0.25) is 15.9 Å². The van der Waals surface area contributed by atoms with Crippen molar-refractivity contribution in [2.24, 2.45) is 5.41 Å². The zero-order valence-corrected chi connectivity index (χ0v) is 16.6. The summed E-state index contributed by atoms with van der Waals surface area (Å²) in [7, 11) is -3.70. The smallest absolute Gasteiger partial charge is 0.255 e. The van der Waals surface area contributed by atoms with E-state index in [2.05, 4.69) is 21.2 Å². The summed E-state index contributed by atoms with van der Waals surface area (Å²) in [6.07, 6.45) is 0. The van der Waals surface area contributed by atoms with Crippen LogP contribution in [0.15, 0.2) is 53.0 Å².